The Hall–Kier alpha value is -2.95. The molecule has 0 bridgehead atoms. The van der Waals surface area contributed by atoms with E-state index in [-0.39, 0.29) is 17.3 Å². The zero-order valence-corrected chi connectivity index (χ0v) is 18.6. The molecule has 1 aliphatic rings. The highest BCUT2D eigenvalue weighted by Crippen LogP contribution is 2.31. The third kappa shape index (κ3) is 4.41. The molecule has 0 saturated carbocycles. The molecule has 0 aliphatic carbocycles. The topological polar surface area (TPSA) is 97.8 Å². The molecule has 4 rings (SSSR count). The minimum atomic E-state index is -3.58. The van der Waals surface area contributed by atoms with E-state index >= 15 is 0 Å². The number of sulfonamides is 1. The zero-order valence-electron chi connectivity index (χ0n) is 17.0. The molecule has 31 heavy (non-hydrogen) atoms. The average molecular weight is 460 g/mol. The highest BCUT2D eigenvalue weighted by molar-refractivity contribution is 7.89. The molecule has 0 fully saturated rings. The fourth-order valence-electron chi connectivity index (χ4n) is 3.28. The first kappa shape index (κ1) is 21.3. The number of methoxy groups -OCH3 is 2. The van der Waals surface area contributed by atoms with Crippen LogP contribution in [-0.2, 0) is 23.0 Å². The number of aromatic nitrogens is 1. The van der Waals surface area contributed by atoms with Crippen molar-refractivity contribution < 1.29 is 22.7 Å². The fourth-order valence-corrected chi connectivity index (χ4v) is 5.81. The Kier molecular flexibility index (Phi) is 5.94. The van der Waals surface area contributed by atoms with Crippen molar-refractivity contribution in [3.05, 3.63) is 64.7 Å². The monoisotopic (exact) mass is 459 g/mol. The van der Waals surface area contributed by atoms with Gasteiger partial charge in [-0.3, -0.25) is 10.1 Å². The summed E-state index contributed by atoms with van der Waals surface area (Å²) >= 11 is 1.28. The van der Waals surface area contributed by atoms with Crippen LogP contribution >= 0.6 is 11.3 Å². The molecule has 0 radical (unpaired) electrons. The van der Waals surface area contributed by atoms with Crippen LogP contribution < -0.4 is 14.8 Å². The number of benzene rings is 2. The molecule has 10 heteroatoms. The van der Waals surface area contributed by atoms with E-state index in [9.17, 15) is 13.2 Å². The van der Waals surface area contributed by atoms with Crippen LogP contribution in [0.15, 0.2) is 53.4 Å². The summed E-state index contributed by atoms with van der Waals surface area (Å²) in [6.07, 6.45) is 0.487. The standard InChI is InChI=1S/C21H21N3O5S2/c1-28-15-10-14(11-16(12-15)29-2)20(25)23-21-22-18-8-9-24(13-19(18)30-21)31(26,27)17-6-4-3-5-7-17/h3-7,10-12H,8-9,13H2,1-2H3,(H,22,23,25). The Morgan fingerprint density at radius 1 is 1.10 bits per heavy atom. The molecule has 162 valence electrons. The maximum absolute atomic E-state index is 12.9. The number of ether oxygens (including phenoxy) is 2. The van der Waals surface area contributed by atoms with E-state index in [2.05, 4.69) is 10.3 Å². The van der Waals surface area contributed by atoms with Gasteiger partial charge in [-0.15, -0.1) is 11.3 Å². The lowest BCUT2D eigenvalue weighted by Gasteiger charge is -2.25. The fraction of sp³-hybridized carbons (Fsp3) is 0.238. The van der Waals surface area contributed by atoms with Crippen molar-refractivity contribution in [2.75, 3.05) is 26.1 Å². The Balaban J connectivity index is 1.52. The Labute approximate surface area is 184 Å². The van der Waals surface area contributed by atoms with Crippen LogP contribution in [0.3, 0.4) is 0 Å². The Morgan fingerprint density at radius 3 is 2.42 bits per heavy atom. The van der Waals surface area contributed by atoms with Crippen LogP contribution in [0.5, 0.6) is 11.5 Å². The number of hydrogen-bond acceptors (Lipinski definition) is 7. The van der Waals surface area contributed by atoms with Crippen molar-refractivity contribution in [2.24, 2.45) is 0 Å². The number of carbonyl (C=O) groups is 1. The number of rotatable bonds is 6. The largest absolute Gasteiger partial charge is 0.497 e. The quantitative estimate of drug-likeness (QED) is 0.608. The number of fused-ring (bicyclic) bond motifs is 1. The summed E-state index contributed by atoms with van der Waals surface area (Å²) in [5, 5.41) is 3.22. The first-order valence-corrected chi connectivity index (χ1v) is 11.7. The number of carbonyl (C=O) groups excluding carboxylic acids is 1. The van der Waals surface area contributed by atoms with E-state index in [1.807, 2.05) is 0 Å². The smallest absolute Gasteiger partial charge is 0.257 e. The van der Waals surface area contributed by atoms with E-state index in [1.165, 1.54) is 29.9 Å². The highest BCUT2D eigenvalue weighted by atomic mass is 32.2. The number of nitrogens with one attached hydrogen (secondary N) is 1. The molecule has 1 aromatic heterocycles. The van der Waals surface area contributed by atoms with Crippen LogP contribution in [0.2, 0.25) is 0 Å². The molecule has 1 aliphatic heterocycles. The summed E-state index contributed by atoms with van der Waals surface area (Å²) in [7, 11) is -0.551. The van der Waals surface area contributed by atoms with E-state index in [0.717, 1.165) is 10.6 Å². The summed E-state index contributed by atoms with van der Waals surface area (Å²) in [5.41, 5.74) is 1.18. The molecule has 8 nitrogen and oxygen atoms in total. The normalized spacial score (nSPS) is 14.0. The first-order chi connectivity index (χ1) is 14.9. The SMILES string of the molecule is COc1cc(OC)cc(C(=O)Nc2nc3c(s2)CN(S(=O)(=O)c2ccccc2)CC3)c1. The van der Waals surface area contributed by atoms with Crippen molar-refractivity contribution >= 4 is 32.4 Å². The highest BCUT2D eigenvalue weighted by Gasteiger charge is 2.30. The van der Waals surface area contributed by atoms with Crippen molar-refractivity contribution in [2.45, 2.75) is 17.9 Å². The van der Waals surface area contributed by atoms with Gasteiger partial charge in [0, 0.05) is 29.5 Å². The number of thiazole rings is 1. The van der Waals surface area contributed by atoms with E-state index in [0.29, 0.717) is 35.2 Å². The second-order valence-electron chi connectivity index (χ2n) is 6.85. The predicted octanol–water partition coefficient (Wildman–Crippen LogP) is 3.16. The van der Waals surface area contributed by atoms with Gasteiger partial charge in [-0.05, 0) is 24.3 Å². The third-order valence-electron chi connectivity index (χ3n) is 4.91. The number of hydrogen-bond donors (Lipinski definition) is 1. The van der Waals surface area contributed by atoms with Gasteiger partial charge in [-0.2, -0.15) is 4.31 Å². The number of anilines is 1. The maximum atomic E-state index is 12.9. The van der Waals surface area contributed by atoms with Gasteiger partial charge in [-0.25, -0.2) is 13.4 Å². The van der Waals surface area contributed by atoms with E-state index in [1.54, 1.807) is 48.5 Å². The van der Waals surface area contributed by atoms with Gasteiger partial charge in [0.05, 0.1) is 31.4 Å². The van der Waals surface area contributed by atoms with Crippen molar-refractivity contribution in [3.63, 3.8) is 0 Å². The van der Waals surface area contributed by atoms with Crippen LogP contribution in [0.4, 0.5) is 5.13 Å². The predicted molar refractivity (Wildman–Crippen MR) is 117 cm³/mol. The summed E-state index contributed by atoms with van der Waals surface area (Å²) in [6.45, 7) is 0.571. The van der Waals surface area contributed by atoms with E-state index in [4.69, 9.17) is 9.47 Å². The first-order valence-electron chi connectivity index (χ1n) is 9.49. The van der Waals surface area contributed by atoms with Crippen molar-refractivity contribution in [1.29, 1.82) is 0 Å². The molecule has 2 heterocycles. The lowest BCUT2D eigenvalue weighted by atomic mass is 10.2. The molecule has 0 atom stereocenters. The molecular formula is C21H21N3O5S2. The number of amides is 1. The zero-order chi connectivity index (χ0) is 22.0. The Morgan fingerprint density at radius 2 is 1.77 bits per heavy atom. The van der Waals surface area contributed by atoms with Crippen molar-refractivity contribution in [1.82, 2.24) is 9.29 Å². The van der Waals surface area contributed by atoms with Gasteiger partial charge < -0.3 is 9.47 Å². The third-order valence-corrected chi connectivity index (χ3v) is 7.77. The second-order valence-corrected chi connectivity index (χ2v) is 9.87. The summed E-state index contributed by atoms with van der Waals surface area (Å²) < 4.78 is 37.7. The molecule has 1 amide bonds. The maximum Gasteiger partial charge on any atom is 0.257 e. The minimum absolute atomic E-state index is 0.229. The molecular weight excluding hydrogens is 438 g/mol. The van der Waals surface area contributed by atoms with Gasteiger partial charge in [-0.1, -0.05) is 18.2 Å². The van der Waals surface area contributed by atoms with Gasteiger partial charge in [0.15, 0.2) is 5.13 Å². The average Bonchev–Trinajstić information content (AvgIpc) is 3.20. The van der Waals surface area contributed by atoms with Gasteiger partial charge >= 0.3 is 0 Å². The van der Waals surface area contributed by atoms with Gasteiger partial charge in [0.25, 0.3) is 5.91 Å². The molecule has 0 unspecified atom stereocenters. The molecule has 2 aromatic carbocycles. The van der Waals surface area contributed by atoms with Crippen LogP contribution in [0.1, 0.15) is 20.9 Å². The summed E-state index contributed by atoms with van der Waals surface area (Å²) in [5.74, 6) is 0.659. The van der Waals surface area contributed by atoms with Gasteiger partial charge in [0.1, 0.15) is 11.5 Å². The number of nitrogens with zero attached hydrogens (tertiary/aromatic N) is 2. The van der Waals surface area contributed by atoms with Crippen LogP contribution in [-0.4, -0.2) is 44.4 Å². The van der Waals surface area contributed by atoms with Crippen molar-refractivity contribution in [3.8, 4) is 11.5 Å². The summed E-state index contributed by atoms with van der Waals surface area (Å²) in [6, 6.07) is 13.3. The molecule has 1 N–H and O–H groups in total. The Bertz CT molecular complexity index is 1190. The molecule has 0 saturated heterocycles. The van der Waals surface area contributed by atoms with Gasteiger partial charge in [0.2, 0.25) is 10.0 Å². The molecule has 3 aromatic rings. The lowest BCUT2D eigenvalue weighted by Crippen LogP contribution is -2.35. The minimum Gasteiger partial charge on any atom is -0.497 e. The lowest BCUT2D eigenvalue weighted by molar-refractivity contribution is 0.102. The van der Waals surface area contributed by atoms with Crippen LogP contribution in [0.25, 0.3) is 0 Å². The summed E-state index contributed by atoms with van der Waals surface area (Å²) in [4.78, 5) is 18.3. The van der Waals surface area contributed by atoms with E-state index < -0.39 is 10.0 Å². The molecule has 0 spiro atoms. The second kappa shape index (κ2) is 8.66. The van der Waals surface area contributed by atoms with Crippen LogP contribution in [0, 0.1) is 0 Å².